The molecule has 0 saturated carbocycles. The number of rotatable bonds is 5. The summed E-state index contributed by atoms with van der Waals surface area (Å²) in [7, 11) is 0. The minimum atomic E-state index is -0.388. The third kappa shape index (κ3) is 4.28. The molecule has 5 heteroatoms. The van der Waals surface area contributed by atoms with Crippen LogP contribution in [-0.2, 0) is 4.74 Å². The highest BCUT2D eigenvalue weighted by molar-refractivity contribution is 5.93. The molecule has 1 aromatic rings. The molecule has 0 radical (unpaired) electrons. The van der Waals surface area contributed by atoms with E-state index in [1.165, 1.54) is 0 Å². The van der Waals surface area contributed by atoms with Crippen molar-refractivity contribution in [1.29, 1.82) is 0 Å². The van der Waals surface area contributed by atoms with Crippen LogP contribution in [0.15, 0.2) is 24.3 Å². The van der Waals surface area contributed by atoms with E-state index in [-0.39, 0.29) is 12.0 Å². The maximum absolute atomic E-state index is 11.9. The first-order valence-corrected chi connectivity index (χ1v) is 6.45. The number of esters is 1. The Morgan fingerprint density at radius 1 is 1.21 bits per heavy atom. The predicted octanol–water partition coefficient (Wildman–Crippen LogP) is 2.74. The van der Waals surface area contributed by atoms with Gasteiger partial charge in [-0.05, 0) is 39.0 Å². The Kier molecular flexibility index (Phi) is 5.85. The molecular formula is C14H20N2O3. The molecule has 0 aliphatic heterocycles. The number of benzene rings is 1. The van der Waals surface area contributed by atoms with Gasteiger partial charge in [0.2, 0.25) is 0 Å². The average Bonchev–Trinajstić information content (AvgIpc) is 2.40. The monoisotopic (exact) mass is 264 g/mol. The minimum absolute atomic E-state index is 0.175. The van der Waals surface area contributed by atoms with Gasteiger partial charge in [0.15, 0.2) is 0 Å². The van der Waals surface area contributed by atoms with E-state index in [0.717, 1.165) is 0 Å². The first-order chi connectivity index (χ1) is 9.12. The van der Waals surface area contributed by atoms with E-state index >= 15 is 0 Å². The number of carbonyl (C=O) groups excluding carboxylic acids is 2. The van der Waals surface area contributed by atoms with Crippen molar-refractivity contribution in [2.75, 3.05) is 25.0 Å². The summed E-state index contributed by atoms with van der Waals surface area (Å²) in [5, 5.41) is 2.76. The lowest BCUT2D eigenvalue weighted by Gasteiger charge is -2.19. The zero-order valence-electron chi connectivity index (χ0n) is 11.6. The molecule has 0 spiro atoms. The molecule has 0 fully saturated rings. The number of nitrogens with zero attached hydrogens (tertiary/aromatic N) is 1. The molecule has 2 amide bonds. The molecule has 19 heavy (non-hydrogen) atoms. The van der Waals surface area contributed by atoms with Gasteiger partial charge in [0.25, 0.3) is 0 Å². The number of hydrogen-bond donors (Lipinski definition) is 1. The van der Waals surface area contributed by atoms with Crippen LogP contribution in [0.3, 0.4) is 0 Å². The van der Waals surface area contributed by atoms with Gasteiger partial charge >= 0.3 is 12.0 Å². The van der Waals surface area contributed by atoms with Crippen LogP contribution in [0.25, 0.3) is 0 Å². The molecular weight excluding hydrogens is 244 g/mol. The van der Waals surface area contributed by atoms with Crippen LogP contribution in [-0.4, -0.2) is 36.6 Å². The molecule has 0 aromatic heterocycles. The summed E-state index contributed by atoms with van der Waals surface area (Å²) in [4.78, 5) is 25.1. The van der Waals surface area contributed by atoms with Gasteiger partial charge in [-0.2, -0.15) is 0 Å². The SMILES string of the molecule is CCOC(=O)c1cccc(NC(=O)N(CC)CC)c1. The molecule has 0 aliphatic carbocycles. The number of carbonyl (C=O) groups is 2. The van der Waals surface area contributed by atoms with Crippen LogP contribution in [0, 0.1) is 0 Å². The Morgan fingerprint density at radius 3 is 2.47 bits per heavy atom. The molecule has 0 atom stereocenters. The van der Waals surface area contributed by atoms with Gasteiger partial charge in [0.1, 0.15) is 0 Å². The zero-order chi connectivity index (χ0) is 14.3. The number of nitrogens with one attached hydrogen (secondary N) is 1. The summed E-state index contributed by atoms with van der Waals surface area (Å²) in [6, 6.07) is 6.55. The number of ether oxygens (including phenoxy) is 1. The second-order valence-corrected chi connectivity index (χ2v) is 3.90. The first kappa shape index (κ1) is 15.0. The fraction of sp³-hybridized carbons (Fsp3) is 0.429. The molecule has 1 N–H and O–H groups in total. The number of anilines is 1. The smallest absolute Gasteiger partial charge is 0.338 e. The minimum Gasteiger partial charge on any atom is -0.462 e. The van der Waals surface area contributed by atoms with Crippen molar-refractivity contribution >= 4 is 17.7 Å². The van der Waals surface area contributed by atoms with Gasteiger partial charge in [-0.1, -0.05) is 6.07 Å². The van der Waals surface area contributed by atoms with Crippen LogP contribution in [0.1, 0.15) is 31.1 Å². The summed E-state index contributed by atoms with van der Waals surface area (Å²) >= 11 is 0. The van der Waals surface area contributed by atoms with Crippen molar-refractivity contribution in [2.45, 2.75) is 20.8 Å². The highest BCUT2D eigenvalue weighted by Gasteiger charge is 2.11. The average molecular weight is 264 g/mol. The molecule has 0 heterocycles. The molecule has 5 nitrogen and oxygen atoms in total. The summed E-state index contributed by atoms with van der Waals surface area (Å²) in [6.07, 6.45) is 0. The van der Waals surface area contributed by atoms with E-state index in [1.54, 1.807) is 36.1 Å². The zero-order valence-corrected chi connectivity index (χ0v) is 11.6. The van der Waals surface area contributed by atoms with Crippen molar-refractivity contribution in [1.82, 2.24) is 4.90 Å². The Balaban J connectivity index is 2.77. The number of urea groups is 1. The lowest BCUT2D eigenvalue weighted by atomic mass is 10.2. The third-order valence-corrected chi connectivity index (χ3v) is 2.68. The second-order valence-electron chi connectivity index (χ2n) is 3.90. The summed E-state index contributed by atoms with van der Waals surface area (Å²) in [5.74, 6) is -0.388. The van der Waals surface area contributed by atoms with Crippen molar-refractivity contribution in [3.05, 3.63) is 29.8 Å². The first-order valence-electron chi connectivity index (χ1n) is 6.45. The summed E-state index contributed by atoms with van der Waals surface area (Å²) in [6.45, 7) is 7.19. The lowest BCUT2D eigenvalue weighted by Crippen LogP contribution is -2.34. The van der Waals surface area contributed by atoms with Gasteiger partial charge in [0.05, 0.1) is 12.2 Å². The van der Waals surface area contributed by atoms with Gasteiger partial charge in [-0.15, -0.1) is 0 Å². The maximum atomic E-state index is 11.9. The molecule has 0 aliphatic rings. The normalized spacial score (nSPS) is 9.84. The summed E-state index contributed by atoms with van der Waals surface area (Å²) < 4.78 is 4.92. The Morgan fingerprint density at radius 2 is 1.89 bits per heavy atom. The summed E-state index contributed by atoms with van der Waals surface area (Å²) in [5.41, 5.74) is 1.02. The van der Waals surface area contributed by atoms with Crippen molar-refractivity contribution < 1.29 is 14.3 Å². The van der Waals surface area contributed by atoms with E-state index in [2.05, 4.69) is 5.32 Å². The molecule has 104 valence electrons. The lowest BCUT2D eigenvalue weighted by molar-refractivity contribution is 0.0526. The second kappa shape index (κ2) is 7.41. The van der Waals surface area contributed by atoms with Crippen LogP contribution < -0.4 is 5.32 Å². The molecule has 0 bridgehead atoms. The molecule has 0 saturated heterocycles. The van der Waals surface area contributed by atoms with E-state index in [1.807, 2.05) is 13.8 Å². The van der Waals surface area contributed by atoms with Crippen molar-refractivity contribution in [3.8, 4) is 0 Å². The van der Waals surface area contributed by atoms with Gasteiger partial charge in [0, 0.05) is 18.8 Å². The van der Waals surface area contributed by atoms with Crippen LogP contribution in [0.5, 0.6) is 0 Å². The standard InChI is InChI=1S/C14H20N2O3/c1-4-16(5-2)14(18)15-12-9-7-8-11(10-12)13(17)19-6-3/h7-10H,4-6H2,1-3H3,(H,15,18). The number of amides is 2. The fourth-order valence-electron chi connectivity index (χ4n) is 1.65. The maximum Gasteiger partial charge on any atom is 0.338 e. The van der Waals surface area contributed by atoms with Crippen molar-refractivity contribution in [3.63, 3.8) is 0 Å². The van der Waals surface area contributed by atoms with Gasteiger partial charge in [-0.3, -0.25) is 0 Å². The van der Waals surface area contributed by atoms with Gasteiger partial charge < -0.3 is 15.0 Å². The third-order valence-electron chi connectivity index (χ3n) is 2.68. The van der Waals surface area contributed by atoms with E-state index in [0.29, 0.717) is 30.9 Å². The van der Waals surface area contributed by atoms with E-state index in [9.17, 15) is 9.59 Å². The number of hydrogen-bond acceptors (Lipinski definition) is 3. The Bertz CT molecular complexity index is 442. The quantitative estimate of drug-likeness (QED) is 0.832. The highest BCUT2D eigenvalue weighted by atomic mass is 16.5. The molecule has 0 unspecified atom stereocenters. The topological polar surface area (TPSA) is 58.6 Å². The van der Waals surface area contributed by atoms with Crippen molar-refractivity contribution in [2.24, 2.45) is 0 Å². The van der Waals surface area contributed by atoms with Crippen LogP contribution >= 0.6 is 0 Å². The fourth-order valence-corrected chi connectivity index (χ4v) is 1.65. The van der Waals surface area contributed by atoms with Gasteiger partial charge in [-0.25, -0.2) is 9.59 Å². The van der Waals surface area contributed by atoms with Crippen LogP contribution in [0.4, 0.5) is 10.5 Å². The highest BCUT2D eigenvalue weighted by Crippen LogP contribution is 2.12. The Hall–Kier alpha value is -2.04. The molecule has 1 aromatic carbocycles. The van der Waals surface area contributed by atoms with Crippen LogP contribution in [0.2, 0.25) is 0 Å². The predicted molar refractivity (Wildman–Crippen MR) is 74.3 cm³/mol. The van der Waals surface area contributed by atoms with E-state index in [4.69, 9.17) is 4.74 Å². The Labute approximate surface area is 113 Å². The largest absolute Gasteiger partial charge is 0.462 e. The van der Waals surface area contributed by atoms with E-state index < -0.39 is 0 Å². The molecule has 1 rings (SSSR count).